The van der Waals surface area contributed by atoms with Gasteiger partial charge in [0.15, 0.2) is 0 Å². The van der Waals surface area contributed by atoms with Gasteiger partial charge in [0.25, 0.3) is 5.91 Å². The Morgan fingerprint density at radius 1 is 1.53 bits per heavy atom. The maximum Gasteiger partial charge on any atom is 0.253 e. The fraction of sp³-hybridized carbons (Fsp3) is 0.333. The van der Waals surface area contributed by atoms with E-state index in [0.717, 1.165) is 25.7 Å². The highest BCUT2D eigenvalue weighted by molar-refractivity contribution is 5.93. The molecule has 1 aromatic rings. The Hall–Kier alpha value is -1.75. The molecule has 5 heteroatoms. The molecule has 0 bridgehead atoms. The van der Waals surface area contributed by atoms with Crippen molar-refractivity contribution in [1.82, 2.24) is 15.6 Å². The first-order valence-corrected chi connectivity index (χ1v) is 5.53. The van der Waals surface area contributed by atoms with Crippen LogP contribution in [0, 0.1) is 5.82 Å². The Bertz CT molecular complexity index is 445. The third-order valence-corrected chi connectivity index (χ3v) is 2.60. The molecule has 1 aromatic heterocycles. The van der Waals surface area contributed by atoms with E-state index in [1.54, 1.807) is 0 Å². The number of halogens is 1. The van der Waals surface area contributed by atoms with Crippen molar-refractivity contribution in [3.05, 3.63) is 41.5 Å². The van der Waals surface area contributed by atoms with Gasteiger partial charge >= 0.3 is 0 Å². The predicted octanol–water partition coefficient (Wildman–Crippen LogP) is 0.870. The highest BCUT2D eigenvalue weighted by Crippen LogP contribution is 2.04. The lowest BCUT2D eigenvalue weighted by Crippen LogP contribution is -2.29. The van der Waals surface area contributed by atoms with Crippen LogP contribution in [0.2, 0.25) is 0 Å². The Morgan fingerprint density at radius 3 is 3.12 bits per heavy atom. The Labute approximate surface area is 98.9 Å². The zero-order chi connectivity index (χ0) is 12.1. The summed E-state index contributed by atoms with van der Waals surface area (Å²) in [5.41, 5.74) is 1.45. The van der Waals surface area contributed by atoms with Crippen molar-refractivity contribution in [2.75, 3.05) is 19.6 Å². The molecule has 17 heavy (non-hydrogen) atoms. The van der Waals surface area contributed by atoms with Crippen LogP contribution in [0.5, 0.6) is 0 Å². The molecule has 1 aliphatic rings. The molecule has 2 heterocycles. The molecule has 4 nitrogen and oxygen atoms in total. The van der Waals surface area contributed by atoms with Gasteiger partial charge in [0.2, 0.25) is 0 Å². The maximum atomic E-state index is 12.9. The molecule has 90 valence electrons. The minimum absolute atomic E-state index is 0.250. The number of nitrogens with zero attached hydrogens (tertiary/aromatic N) is 1. The summed E-state index contributed by atoms with van der Waals surface area (Å²) >= 11 is 0. The number of amides is 1. The standard InChI is InChI=1S/C12H14FN3O/c13-11-5-10(7-15-8-11)12(17)16-6-9-1-3-14-4-2-9/h1,5,7-8,14H,2-4,6H2,(H,16,17). The summed E-state index contributed by atoms with van der Waals surface area (Å²) in [5, 5.41) is 5.95. The molecule has 0 spiro atoms. The highest BCUT2D eigenvalue weighted by atomic mass is 19.1. The van der Waals surface area contributed by atoms with Gasteiger partial charge in [-0.3, -0.25) is 9.78 Å². The quantitative estimate of drug-likeness (QED) is 0.764. The number of nitrogens with one attached hydrogen (secondary N) is 2. The Morgan fingerprint density at radius 2 is 2.41 bits per heavy atom. The summed E-state index contributed by atoms with van der Waals surface area (Å²) < 4.78 is 12.9. The van der Waals surface area contributed by atoms with E-state index in [1.165, 1.54) is 17.8 Å². The average molecular weight is 235 g/mol. The fourth-order valence-electron chi connectivity index (χ4n) is 1.66. The van der Waals surface area contributed by atoms with E-state index >= 15 is 0 Å². The van der Waals surface area contributed by atoms with Gasteiger partial charge in [-0.2, -0.15) is 0 Å². The topological polar surface area (TPSA) is 54.0 Å². The molecular weight excluding hydrogens is 221 g/mol. The molecular formula is C12H14FN3O. The van der Waals surface area contributed by atoms with E-state index in [9.17, 15) is 9.18 Å². The Kier molecular flexibility index (Phi) is 3.82. The number of hydrogen-bond donors (Lipinski definition) is 2. The van der Waals surface area contributed by atoms with Crippen LogP contribution in [0.3, 0.4) is 0 Å². The smallest absolute Gasteiger partial charge is 0.253 e. The van der Waals surface area contributed by atoms with Gasteiger partial charge in [-0.25, -0.2) is 4.39 Å². The summed E-state index contributed by atoms with van der Waals surface area (Å²) in [4.78, 5) is 15.3. The summed E-state index contributed by atoms with van der Waals surface area (Å²) in [7, 11) is 0. The minimum atomic E-state index is -0.501. The van der Waals surface area contributed by atoms with Gasteiger partial charge in [-0.1, -0.05) is 11.6 Å². The van der Waals surface area contributed by atoms with Crippen molar-refractivity contribution in [1.29, 1.82) is 0 Å². The third-order valence-electron chi connectivity index (χ3n) is 2.60. The van der Waals surface area contributed by atoms with Crippen LogP contribution in [0.25, 0.3) is 0 Å². The fourth-order valence-corrected chi connectivity index (χ4v) is 1.66. The molecule has 0 atom stereocenters. The second kappa shape index (κ2) is 5.54. The zero-order valence-electron chi connectivity index (χ0n) is 9.37. The van der Waals surface area contributed by atoms with Crippen LogP contribution in [-0.4, -0.2) is 30.5 Å². The van der Waals surface area contributed by atoms with Gasteiger partial charge in [0.1, 0.15) is 5.82 Å². The van der Waals surface area contributed by atoms with Crippen LogP contribution in [0.15, 0.2) is 30.1 Å². The van der Waals surface area contributed by atoms with Crippen molar-refractivity contribution in [3.63, 3.8) is 0 Å². The first-order chi connectivity index (χ1) is 8.25. The SMILES string of the molecule is O=C(NCC1=CCNCC1)c1cncc(F)c1. The van der Waals surface area contributed by atoms with E-state index in [4.69, 9.17) is 0 Å². The highest BCUT2D eigenvalue weighted by Gasteiger charge is 2.08. The molecule has 0 radical (unpaired) electrons. The summed E-state index contributed by atoms with van der Waals surface area (Å²) in [5.74, 6) is -0.796. The average Bonchev–Trinajstić information content (AvgIpc) is 2.37. The number of carbonyl (C=O) groups excluding carboxylic acids is 1. The van der Waals surface area contributed by atoms with Gasteiger partial charge in [-0.15, -0.1) is 0 Å². The monoisotopic (exact) mass is 235 g/mol. The van der Waals surface area contributed by atoms with Gasteiger partial charge in [-0.05, 0) is 19.0 Å². The first kappa shape index (κ1) is 11.7. The first-order valence-electron chi connectivity index (χ1n) is 5.53. The lowest BCUT2D eigenvalue weighted by molar-refractivity contribution is 0.0956. The molecule has 0 saturated heterocycles. The van der Waals surface area contributed by atoms with Crippen molar-refractivity contribution in [2.24, 2.45) is 0 Å². The molecule has 1 amide bonds. The molecule has 1 aliphatic heterocycles. The third kappa shape index (κ3) is 3.35. The maximum absolute atomic E-state index is 12.9. The van der Waals surface area contributed by atoms with Crippen molar-refractivity contribution >= 4 is 5.91 Å². The number of aromatic nitrogens is 1. The number of hydrogen-bond acceptors (Lipinski definition) is 3. The van der Waals surface area contributed by atoms with Crippen LogP contribution in [-0.2, 0) is 0 Å². The van der Waals surface area contributed by atoms with Gasteiger partial charge in [0, 0.05) is 19.3 Å². The molecule has 0 saturated carbocycles. The van der Waals surface area contributed by atoms with E-state index in [1.807, 2.05) is 0 Å². The zero-order valence-corrected chi connectivity index (χ0v) is 9.37. The lowest BCUT2D eigenvalue weighted by Gasteiger charge is -2.14. The number of carbonyl (C=O) groups is 1. The molecule has 0 fully saturated rings. The second-order valence-corrected chi connectivity index (χ2v) is 3.89. The normalized spacial score (nSPS) is 15.2. The van der Waals surface area contributed by atoms with E-state index in [2.05, 4.69) is 21.7 Å². The molecule has 0 aliphatic carbocycles. The van der Waals surface area contributed by atoms with Crippen LogP contribution >= 0.6 is 0 Å². The van der Waals surface area contributed by atoms with Crippen molar-refractivity contribution in [2.45, 2.75) is 6.42 Å². The van der Waals surface area contributed by atoms with E-state index in [0.29, 0.717) is 6.54 Å². The molecule has 2 N–H and O–H groups in total. The van der Waals surface area contributed by atoms with Gasteiger partial charge in [0.05, 0.1) is 11.8 Å². The number of rotatable bonds is 3. The largest absolute Gasteiger partial charge is 0.348 e. The summed E-state index contributed by atoms with van der Waals surface area (Å²) in [6.45, 7) is 2.28. The van der Waals surface area contributed by atoms with Crippen LogP contribution < -0.4 is 10.6 Å². The summed E-state index contributed by atoms with van der Waals surface area (Å²) in [6.07, 6.45) is 5.43. The summed E-state index contributed by atoms with van der Waals surface area (Å²) in [6, 6.07) is 1.18. The number of pyridine rings is 1. The van der Waals surface area contributed by atoms with Crippen molar-refractivity contribution in [3.8, 4) is 0 Å². The van der Waals surface area contributed by atoms with Gasteiger partial charge < -0.3 is 10.6 Å². The second-order valence-electron chi connectivity index (χ2n) is 3.89. The molecule has 0 aromatic carbocycles. The lowest BCUT2D eigenvalue weighted by atomic mass is 10.1. The van der Waals surface area contributed by atoms with E-state index in [-0.39, 0.29) is 11.5 Å². The predicted molar refractivity (Wildman–Crippen MR) is 62.1 cm³/mol. The molecule has 2 rings (SSSR count). The Balaban J connectivity index is 1.91. The van der Waals surface area contributed by atoms with Crippen LogP contribution in [0.1, 0.15) is 16.8 Å². The molecule has 0 unspecified atom stereocenters. The van der Waals surface area contributed by atoms with E-state index < -0.39 is 5.82 Å². The minimum Gasteiger partial charge on any atom is -0.348 e. The van der Waals surface area contributed by atoms with Crippen LogP contribution in [0.4, 0.5) is 4.39 Å². The van der Waals surface area contributed by atoms with Crippen molar-refractivity contribution < 1.29 is 9.18 Å².